The number of nitrogens with one attached hydrogen (secondary N) is 2. The first-order chi connectivity index (χ1) is 8.89. The molecule has 0 aliphatic rings. The zero-order chi connectivity index (χ0) is 14.3. The van der Waals surface area contributed by atoms with Crippen LogP contribution in [0.4, 0.5) is 0 Å². The predicted molar refractivity (Wildman–Crippen MR) is 72.3 cm³/mol. The Morgan fingerprint density at radius 2 is 2.00 bits per heavy atom. The average Bonchev–Trinajstić information content (AvgIpc) is 2.83. The van der Waals surface area contributed by atoms with Crippen molar-refractivity contribution >= 4 is 11.8 Å². The first-order valence-corrected chi connectivity index (χ1v) is 6.42. The molecule has 0 unspecified atom stereocenters. The van der Waals surface area contributed by atoms with E-state index in [1.54, 1.807) is 6.20 Å². The van der Waals surface area contributed by atoms with Gasteiger partial charge >= 0.3 is 0 Å². The summed E-state index contributed by atoms with van der Waals surface area (Å²) in [5, 5.41) is 9.43. The van der Waals surface area contributed by atoms with Gasteiger partial charge in [0.15, 0.2) is 0 Å². The number of nitrogens with zero attached hydrogens (tertiary/aromatic N) is 2. The number of rotatable bonds is 6. The molecular formula is C13H22N4O2. The maximum atomic E-state index is 11.6. The molecule has 0 saturated heterocycles. The topological polar surface area (TPSA) is 76.0 Å². The lowest BCUT2D eigenvalue weighted by Crippen LogP contribution is -2.42. The van der Waals surface area contributed by atoms with E-state index in [2.05, 4.69) is 15.7 Å². The van der Waals surface area contributed by atoms with Crippen molar-refractivity contribution in [2.75, 3.05) is 13.1 Å². The van der Waals surface area contributed by atoms with Gasteiger partial charge in [-0.1, -0.05) is 20.8 Å². The second kappa shape index (κ2) is 6.92. The molecule has 6 nitrogen and oxygen atoms in total. The van der Waals surface area contributed by atoms with Gasteiger partial charge in [-0.3, -0.25) is 14.3 Å². The van der Waals surface area contributed by atoms with Crippen molar-refractivity contribution in [3.8, 4) is 0 Å². The first-order valence-electron chi connectivity index (χ1n) is 6.42. The van der Waals surface area contributed by atoms with Crippen molar-refractivity contribution in [1.82, 2.24) is 20.4 Å². The molecule has 6 heteroatoms. The van der Waals surface area contributed by atoms with Crippen LogP contribution in [0.15, 0.2) is 18.5 Å². The molecule has 0 saturated carbocycles. The van der Waals surface area contributed by atoms with E-state index in [9.17, 15) is 9.59 Å². The molecule has 0 bridgehead atoms. The van der Waals surface area contributed by atoms with Gasteiger partial charge in [-0.2, -0.15) is 5.10 Å². The summed E-state index contributed by atoms with van der Waals surface area (Å²) in [6, 6.07) is 1.86. The Balaban J connectivity index is 2.10. The smallest absolute Gasteiger partial charge is 0.239 e. The van der Waals surface area contributed by atoms with Gasteiger partial charge in [0, 0.05) is 30.9 Å². The van der Waals surface area contributed by atoms with Gasteiger partial charge in [0.05, 0.1) is 6.54 Å². The van der Waals surface area contributed by atoms with Gasteiger partial charge in [-0.15, -0.1) is 0 Å². The summed E-state index contributed by atoms with van der Waals surface area (Å²) in [6.45, 7) is 6.79. The molecule has 0 aliphatic heterocycles. The monoisotopic (exact) mass is 266 g/mol. The number of carbonyl (C=O) groups is 2. The molecule has 106 valence electrons. The Bertz CT molecular complexity index is 407. The van der Waals surface area contributed by atoms with Gasteiger partial charge in [-0.25, -0.2) is 0 Å². The minimum atomic E-state index is -0.472. The highest BCUT2D eigenvalue weighted by Gasteiger charge is 2.21. The first kappa shape index (κ1) is 15.2. The standard InChI is InChI=1S/C13H22N4O2/c1-13(2,3)12(19)15-10-11(18)14-6-4-8-17-9-5-7-16-17/h5,7,9H,4,6,8,10H2,1-3H3,(H,14,18)(H,15,19). The SMILES string of the molecule is CC(C)(C)C(=O)NCC(=O)NCCCn1cccn1. The van der Waals surface area contributed by atoms with Crippen LogP contribution in [0.3, 0.4) is 0 Å². The van der Waals surface area contributed by atoms with Crippen LogP contribution in [-0.2, 0) is 16.1 Å². The number of carbonyl (C=O) groups excluding carboxylic acids is 2. The number of hydrogen-bond acceptors (Lipinski definition) is 3. The summed E-state index contributed by atoms with van der Waals surface area (Å²) in [7, 11) is 0. The zero-order valence-electron chi connectivity index (χ0n) is 11.8. The number of amides is 2. The van der Waals surface area contributed by atoms with Gasteiger partial charge in [0.2, 0.25) is 11.8 Å². The quantitative estimate of drug-likeness (QED) is 0.738. The Hall–Kier alpha value is -1.85. The van der Waals surface area contributed by atoms with Crippen molar-refractivity contribution in [2.45, 2.75) is 33.7 Å². The van der Waals surface area contributed by atoms with Crippen molar-refractivity contribution in [3.63, 3.8) is 0 Å². The second-order valence-electron chi connectivity index (χ2n) is 5.41. The summed E-state index contributed by atoms with van der Waals surface area (Å²) < 4.78 is 1.81. The van der Waals surface area contributed by atoms with E-state index in [1.807, 2.05) is 37.7 Å². The van der Waals surface area contributed by atoms with Crippen LogP contribution in [0.2, 0.25) is 0 Å². The van der Waals surface area contributed by atoms with Gasteiger partial charge < -0.3 is 10.6 Å². The van der Waals surface area contributed by atoms with Crippen LogP contribution in [0.1, 0.15) is 27.2 Å². The fraction of sp³-hybridized carbons (Fsp3) is 0.615. The highest BCUT2D eigenvalue weighted by Crippen LogP contribution is 2.11. The van der Waals surface area contributed by atoms with Crippen LogP contribution in [0.25, 0.3) is 0 Å². The Morgan fingerprint density at radius 3 is 2.58 bits per heavy atom. The molecule has 0 radical (unpaired) electrons. The number of hydrogen-bond donors (Lipinski definition) is 2. The molecule has 0 spiro atoms. The Morgan fingerprint density at radius 1 is 1.26 bits per heavy atom. The normalized spacial score (nSPS) is 11.1. The zero-order valence-corrected chi connectivity index (χ0v) is 11.8. The predicted octanol–water partition coefficient (Wildman–Crippen LogP) is 0.552. The van der Waals surface area contributed by atoms with Gasteiger partial charge in [0.25, 0.3) is 0 Å². The summed E-state index contributed by atoms with van der Waals surface area (Å²) >= 11 is 0. The molecule has 1 aromatic heterocycles. The molecule has 1 rings (SSSR count). The van der Waals surface area contributed by atoms with Crippen LogP contribution in [0.5, 0.6) is 0 Å². The van der Waals surface area contributed by atoms with E-state index in [-0.39, 0.29) is 18.4 Å². The van der Waals surface area contributed by atoms with Gasteiger partial charge in [0.1, 0.15) is 0 Å². The highest BCUT2D eigenvalue weighted by atomic mass is 16.2. The third-order valence-electron chi connectivity index (χ3n) is 2.54. The molecule has 1 aromatic rings. The number of aromatic nitrogens is 2. The van der Waals surface area contributed by atoms with Crippen LogP contribution in [-0.4, -0.2) is 34.7 Å². The lowest BCUT2D eigenvalue weighted by Gasteiger charge is -2.17. The van der Waals surface area contributed by atoms with E-state index in [1.165, 1.54) is 0 Å². The highest BCUT2D eigenvalue weighted by molar-refractivity contribution is 5.87. The lowest BCUT2D eigenvalue weighted by atomic mass is 9.96. The van der Waals surface area contributed by atoms with Crippen molar-refractivity contribution in [2.24, 2.45) is 5.41 Å². The van der Waals surface area contributed by atoms with E-state index < -0.39 is 5.41 Å². The van der Waals surface area contributed by atoms with Gasteiger partial charge in [-0.05, 0) is 12.5 Å². The van der Waals surface area contributed by atoms with E-state index in [4.69, 9.17) is 0 Å². The maximum absolute atomic E-state index is 11.6. The summed E-state index contributed by atoms with van der Waals surface area (Å²) in [5.41, 5.74) is -0.472. The number of aryl methyl sites for hydroxylation is 1. The molecule has 1 heterocycles. The summed E-state index contributed by atoms with van der Waals surface area (Å²) in [5.74, 6) is -0.294. The molecule has 0 atom stereocenters. The van der Waals surface area contributed by atoms with Crippen LogP contribution >= 0.6 is 0 Å². The second-order valence-corrected chi connectivity index (χ2v) is 5.41. The van der Waals surface area contributed by atoms with E-state index in [0.717, 1.165) is 13.0 Å². The van der Waals surface area contributed by atoms with Crippen molar-refractivity contribution in [1.29, 1.82) is 0 Å². The fourth-order valence-corrected chi connectivity index (χ4v) is 1.39. The maximum Gasteiger partial charge on any atom is 0.239 e. The third kappa shape index (κ3) is 6.03. The molecular weight excluding hydrogens is 244 g/mol. The Kier molecular flexibility index (Phi) is 5.54. The molecule has 2 amide bonds. The largest absolute Gasteiger partial charge is 0.355 e. The fourth-order valence-electron chi connectivity index (χ4n) is 1.39. The van der Waals surface area contributed by atoms with Crippen molar-refractivity contribution in [3.05, 3.63) is 18.5 Å². The van der Waals surface area contributed by atoms with Crippen molar-refractivity contribution < 1.29 is 9.59 Å². The molecule has 0 fully saturated rings. The summed E-state index contributed by atoms with van der Waals surface area (Å²) in [6.07, 6.45) is 4.41. The molecule has 19 heavy (non-hydrogen) atoms. The Labute approximate surface area is 113 Å². The lowest BCUT2D eigenvalue weighted by molar-refractivity contribution is -0.131. The third-order valence-corrected chi connectivity index (χ3v) is 2.54. The minimum Gasteiger partial charge on any atom is -0.355 e. The summed E-state index contributed by atoms with van der Waals surface area (Å²) in [4.78, 5) is 23.0. The molecule has 2 N–H and O–H groups in total. The minimum absolute atomic E-state index is 0.0257. The van der Waals surface area contributed by atoms with Crippen LogP contribution < -0.4 is 10.6 Å². The average molecular weight is 266 g/mol. The van der Waals surface area contributed by atoms with E-state index in [0.29, 0.717) is 6.54 Å². The van der Waals surface area contributed by atoms with Crippen LogP contribution in [0, 0.1) is 5.41 Å². The molecule has 0 aliphatic carbocycles. The molecule has 0 aromatic carbocycles. The van der Waals surface area contributed by atoms with E-state index >= 15 is 0 Å².